The molecule has 0 saturated carbocycles. The van der Waals surface area contributed by atoms with Crippen LogP contribution >= 0.6 is 0 Å². The maximum absolute atomic E-state index is 12.6. The van der Waals surface area contributed by atoms with Crippen molar-refractivity contribution < 1.29 is 9.90 Å². The molecular weight excluding hydrogens is 252 g/mol. The van der Waals surface area contributed by atoms with E-state index in [-0.39, 0.29) is 18.6 Å². The van der Waals surface area contributed by atoms with E-state index >= 15 is 0 Å². The van der Waals surface area contributed by atoms with Gasteiger partial charge in [-0.1, -0.05) is 13.8 Å². The molecule has 1 aromatic rings. The highest BCUT2D eigenvalue weighted by molar-refractivity contribution is 5.94. The van der Waals surface area contributed by atoms with Gasteiger partial charge in [0.15, 0.2) is 0 Å². The van der Waals surface area contributed by atoms with Crippen molar-refractivity contribution in [3.05, 3.63) is 29.8 Å². The first-order valence-electron chi connectivity index (χ1n) is 7.24. The van der Waals surface area contributed by atoms with Crippen molar-refractivity contribution in [3.8, 4) is 0 Å². The summed E-state index contributed by atoms with van der Waals surface area (Å²) < 4.78 is 0. The third-order valence-electron chi connectivity index (χ3n) is 3.62. The molecule has 0 fully saturated rings. The van der Waals surface area contributed by atoms with E-state index in [1.165, 1.54) is 0 Å². The Morgan fingerprint density at radius 1 is 1.15 bits per heavy atom. The van der Waals surface area contributed by atoms with Gasteiger partial charge in [0.25, 0.3) is 5.91 Å². The van der Waals surface area contributed by atoms with Crippen LogP contribution in [0.5, 0.6) is 0 Å². The SMILES string of the molecule is CCC(CC)N(CCO)C(=O)c1ccc(N(C)C)cc1. The Balaban J connectivity index is 2.93. The molecule has 0 heterocycles. The number of nitrogens with zero attached hydrogens (tertiary/aromatic N) is 2. The molecule has 112 valence electrons. The number of hydrogen-bond acceptors (Lipinski definition) is 3. The predicted octanol–water partition coefficient (Wildman–Crippen LogP) is 2.38. The summed E-state index contributed by atoms with van der Waals surface area (Å²) in [6, 6.07) is 7.77. The lowest BCUT2D eigenvalue weighted by molar-refractivity contribution is 0.0622. The number of aliphatic hydroxyl groups excluding tert-OH is 1. The number of aliphatic hydroxyl groups is 1. The molecule has 0 aliphatic heterocycles. The monoisotopic (exact) mass is 278 g/mol. The summed E-state index contributed by atoms with van der Waals surface area (Å²) in [5, 5.41) is 9.19. The Bertz CT molecular complexity index is 411. The molecule has 0 bridgehead atoms. The second kappa shape index (κ2) is 7.90. The van der Waals surface area contributed by atoms with Gasteiger partial charge in [-0.3, -0.25) is 4.79 Å². The summed E-state index contributed by atoms with van der Waals surface area (Å²) in [5.41, 5.74) is 1.74. The molecule has 0 spiro atoms. The Morgan fingerprint density at radius 2 is 1.70 bits per heavy atom. The number of benzene rings is 1. The summed E-state index contributed by atoms with van der Waals surface area (Å²) in [6.07, 6.45) is 1.80. The van der Waals surface area contributed by atoms with Gasteiger partial charge in [-0.2, -0.15) is 0 Å². The quantitative estimate of drug-likeness (QED) is 0.833. The molecule has 1 N–H and O–H groups in total. The maximum Gasteiger partial charge on any atom is 0.254 e. The molecule has 0 radical (unpaired) electrons. The number of carbonyl (C=O) groups excluding carboxylic acids is 1. The standard InChI is InChI=1S/C16H26N2O2/c1-5-14(6-2)18(11-12-19)16(20)13-7-9-15(10-8-13)17(3)4/h7-10,14,19H,5-6,11-12H2,1-4H3. The van der Waals surface area contributed by atoms with E-state index in [0.717, 1.165) is 18.5 Å². The van der Waals surface area contributed by atoms with Crippen LogP contribution in [0.25, 0.3) is 0 Å². The van der Waals surface area contributed by atoms with Crippen molar-refractivity contribution in [1.82, 2.24) is 4.90 Å². The summed E-state index contributed by atoms with van der Waals surface area (Å²) >= 11 is 0. The Kier molecular flexibility index (Phi) is 6.52. The van der Waals surface area contributed by atoms with Gasteiger partial charge < -0.3 is 14.9 Å². The van der Waals surface area contributed by atoms with E-state index in [4.69, 9.17) is 0 Å². The zero-order valence-electron chi connectivity index (χ0n) is 13.0. The highest BCUT2D eigenvalue weighted by Gasteiger charge is 2.21. The lowest BCUT2D eigenvalue weighted by Crippen LogP contribution is -2.41. The van der Waals surface area contributed by atoms with Crippen LogP contribution in [0, 0.1) is 0 Å². The third-order valence-corrected chi connectivity index (χ3v) is 3.62. The highest BCUT2D eigenvalue weighted by Crippen LogP contribution is 2.17. The third kappa shape index (κ3) is 3.97. The molecule has 1 aromatic carbocycles. The van der Waals surface area contributed by atoms with Crippen LogP contribution in [0.1, 0.15) is 37.0 Å². The van der Waals surface area contributed by atoms with Gasteiger partial charge >= 0.3 is 0 Å². The zero-order valence-corrected chi connectivity index (χ0v) is 13.0. The van der Waals surface area contributed by atoms with Crippen LogP contribution in [0.3, 0.4) is 0 Å². The first-order chi connectivity index (χ1) is 9.54. The van der Waals surface area contributed by atoms with Crippen LogP contribution < -0.4 is 4.90 Å². The van der Waals surface area contributed by atoms with Gasteiger partial charge in [0.1, 0.15) is 0 Å². The van der Waals surface area contributed by atoms with Gasteiger partial charge in [-0.25, -0.2) is 0 Å². The van der Waals surface area contributed by atoms with Crippen LogP contribution in [0.2, 0.25) is 0 Å². The van der Waals surface area contributed by atoms with E-state index in [1.54, 1.807) is 4.90 Å². The molecular formula is C16H26N2O2. The second-order valence-electron chi connectivity index (χ2n) is 5.13. The van der Waals surface area contributed by atoms with E-state index in [1.807, 2.05) is 43.3 Å². The number of anilines is 1. The molecule has 20 heavy (non-hydrogen) atoms. The summed E-state index contributed by atoms with van der Waals surface area (Å²) in [4.78, 5) is 16.4. The molecule has 0 aromatic heterocycles. The summed E-state index contributed by atoms with van der Waals surface area (Å²) in [5.74, 6) is -0.00180. The fraction of sp³-hybridized carbons (Fsp3) is 0.562. The fourth-order valence-electron chi connectivity index (χ4n) is 2.36. The van der Waals surface area contributed by atoms with Crippen LogP contribution in [-0.2, 0) is 0 Å². The average Bonchev–Trinajstić information content (AvgIpc) is 2.47. The van der Waals surface area contributed by atoms with E-state index < -0.39 is 0 Å². The van der Waals surface area contributed by atoms with Crippen LogP contribution in [-0.4, -0.2) is 49.2 Å². The van der Waals surface area contributed by atoms with E-state index in [0.29, 0.717) is 12.1 Å². The lowest BCUT2D eigenvalue weighted by Gasteiger charge is -2.30. The molecule has 0 aliphatic carbocycles. The summed E-state index contributed by atoms with van der Waals surface area (Å²) in [7, 11) is 3.94. The number of hydrogen-bond donors (Lipinski definition) is 1. The molecule has 4 nitrogen and oxygen atoms in total. The van der Waals surface area contributed by atoms with Gasteiger partial charge in [0.05, 0.1) is 6.61 Å². The first kappa shape index (κ1) is 16.5. The molecule has 0 saturated heterocycles. The molecule has 0 unspecified atom stereocenters. The molecule has 1 rings (SSSR count). The lowest BCUT2D eigenvalue weighted by atomic mass is 10.1. The van der Waals surface area contributed by atoms with Crippen molar-refractivity contribution in [3.63, 3.8) is 0 Å². The molecule has 0 aliphatic rings. The van der Waals surface area contributed by atoms with Gasteiger partial charge in [-0.05, 0) is 37.1 Å². The molecule has 4 heteroatoms. The normalized spacial score (nSPS) is 10.7. The van der Waals surface area contributed by atoms with Gasteiger partial charge in [-0.15, -0.1) is 0 Å². The van der Waals surface area contributed by atoms with Crippen LogP contribution in [0.15, 0.2) is 24.3 Å². The number of rotatable bonds is 7. The van der Waals surface area contributed by atoms with Crippen molar-refractivity contribution >= 4 is 11.6 Å². The largest absolute Gasteiger partial charge is 0.395 e. The van der Waals surface area contributed by atoms with Gasteiger partial charge in [0, 0.05) is 37.9 Å². The van der Waals surface area contributed by atoms with Crippen molar-refractivity contribution in [2.75, 3.05) is 32.1 Å². The van der Waals surface area contributed by atoms with Crippen molar-refractivity contribution in [2.45, 2.75) is 32.7 Å². The topological polar surface area (TPSA) is 43.8 Å². The number of carbonyl (C=O) groups is 1. The van der Waals surface area contributed by atoms with Crippen molar-refractivity contribution in [2.24, 2.45) is 0 Å². The minimum absolute atomic E-state index is 0.00180. The fourth-order valence-corrected chi connectivity index (χ4v) is 2.36. The Hall–Kier alpha value is -1.55. The highest BCUT2D eigenvalue weighted by atomic mass is 16.3. The smallest absolute Gasteiger partial charge is 0.254 e. The minimum Gasteiger partial charge on any atom is -0.395 e. The minimum atomic E-state index is -0.00196. The average molecular weight is 278 g/mol. The maximum atomic E-state index is 12.6. The Labute approximate surface area is 122 Å². The first-order valence-corrected chi connectivity index (χ1v) is 7.24. The second-order valence-corrected chi connectivity index (χ2v) is 5.13. The summed E-state index contributed by atoms with van der Waals surface area (Å²) in [6.45, 7) is 4.53. The van der Waals surface area contributed by atoms with Crippen molar-refractivity contribution in [1.29, 1.82) is 0 Å². The Morgan fingerprint density at radius 3 is 2.10 bits per heavy atom. The predicted molar refractivity (Wildman–Crippen MR) is 83.3 cm³/mol. The van der Waals surface area contributed by atoms with E-state index in [2.05, 4.69) is 13.8 Å². The molecule has 1 amide bonds. The van der Waals surface area contributed by atoms with Gasteiger partial charge in [0.2, 0.25) is 0 Å². The van der Waals surface area contributed by atoms with E-state index in [9.17, 15) is 9.90 Å². The van der Waals surface area contributed by atoms with Crippen LogP contribution in [0.4, 0.5) is 5.69 Å². The molecule has 0 atom stereocenters. The number of amides is 1. The zero-order chi connectivity index (χ0) is 15.1.